The van der Waals surface area contributed by atoms with Crippen molar-refractivity contribution in [2.24, 2.45) is 7.05 Å². The lowest BCUT2D eigenvalue weighted by Gasteiger charge is -2.40. The average molecular weight is 273 g/mol. The third-order valence-electron chi connectivity index (χ3n) is 3.65. The van der Waals surface area contributed by atoms with Crippen LogP contribution in [0.5, 0.6) is 0 Å². The van der Waals surface area contributed by atoms with E-state index in [1.54, 1.807) is 10.9 Å². The molecule has 1 fully saturated rings. The molecule has 0 aromatic carbocycles. The Labute approximate surface area is 118 Å². The second-order valence-corrected chi connectivity index (χ2v) is 5.40. The van der Waals surface area contributed by atoms with Crippen LogP contribution in [0.25, 0.3) is 0 Å². The van der Waals surface area contributed by atoms with Gasteiger partial charge in [-0.3, -0.25) is 4.68 Å². The number of morpholine rings is 1. The molecule has 0 N–H and O–H groups in total. The van der Waals surface area contributed by atoms with Gasteiger partial charge in [0, 0.05) is 37.2 Å². The highest BCUT2D eigenvalue weighted by molar-refractivity contribution is 5.33. The Morgan fingerprint density at radius 2 is 2.25 bits per heavy atom. The van der Waals surface area contributed by atoms with Crippen LogP contribution in [0.2, 0.25) is 0 Å². The molecular formula is C14H19N5O. The molecule has 0 bridgehead atoms. The minimum Gasteiger partial charge on any atom is -0.367 e. The Bertz CT molecular complexity index is 611. The van der Waals surface area contributed by atoms with Gasteiger partial charge < -0.3 is 9.64 Å². The third-order valence-corrected chi connectivity index (χ3v) is 3.65. The predicted molar refractivity (Wildman–Crippen MR) is 75.5 cm³/mol. The molecule has 1 aliphatic heterocycles. The van der Waals surface area contributed by atoms with Crippen molar-refractivity contribution in [3.05, 3.63) is 35.9 Å². The fourth-order valence-electron chi connectivity index (χ4n) is 2.50. The Morgan fingerprint density at radius 1 is 1.40 bits per heavy atom. The smallest absolute Gasteiger partial charge is 0.225 e. The summed E-state index contributed by atoms with van der Waals surface area (Å²) in [7, 11) is 1.91. The molecule has 2 aromatic rings. The molecule has 0 spiro atoms. The lowest BCUT2D eigenvalue weighted by atomic mass is 9.97. The second kappa shape index (κ2) is 4.86. The molecule has 1 atom stereocenters. The normalized spacial score (nSPS) is 23.1. The van der Waals surface area contributed by atoms with Gasteiger partial charge in [-0.2, -0.15) is 5.10 Å². The molecule has 0 amide bonds. The van der Waals surface area contributed by atoms with E-state index in [9.17, 15) is 0 Å². The van der Waals surface area contributed by atoms with Gasteiger partial charge >= 0.3 is 0 Å². The van der Waals surface area contributed by atoms with Gasteiger partial charge in [0.2, 0.25) is 5.95 Å². The number of nitrogens with zero attached hydrogens (tertiary/aromatic N) is 5. The Morgan fingerprint density at radius 3 is 2.95 bits per heavy atom. The van der Waals surface area contributed by atoms with E-state index in [-0.39, 0.29) is 5.60 Å². The number of aryl methyl sites for hydroxylation is 2. The third kappa shape index (κ3) is 2.38. The van der Waals surface area contributed by atoms with E-state index in [0.29, 0.717) is 6.61 Å². The molecule has 0 saturated carbocycles. The van der Waals surface area contributed by atoms with E-state index < -0.39 is 0 Å². The van der Waals surface area contributed by atoms with Crippen molar-refractivity contribution in [2.45, 2.75) is 19.4 Å². The Kier molecular flexibility index (Phi) is 3.17. The lowest BCUT2D eigenvalue weighted by Crippen LogP contribution is -2.48. The van der Waals surface area contributed by atoms with Crippen LogP contribution >= 0.6 is 0 Å². The van der Waals surface area contributed by atoms with Crippen LogP contribution in [0.15, 0.2) is 24.7 Å². The van der Waals surface area contributed by atoms with E-state index in [0.717, 1.165) is 30.3 Å². The minimum absolute atomic E-state index is 0.375. The van der Waals surface area contributed by atoms with E-state index in [2.05, 4.69) is 26.9 Å². The minimum atomic E-state index is -0.375. The highest BCUT2D eigenvalue weighted by Crippen LogP contribution is 2.30. The van der Waals surface area contributed by atoms with E-state index >= 15 is 0 Å². The molecule has 6 heteroatoms. The van der Waals surface area contributed by atoms with Gasteiger partial charge in [0.1, 0.15) is 5.60 Å². The molecule has 0 aliphatic carbocycles. The molecule has 0 radical (unpaired) electrons. The first-order chi connectivity index (χ1) is 9.57. The molecule has 3 rings (SSSR count). The first-order valence-corrected chi connectivity index (χ1v) is 6.74. The summed E-state index contributed by atoms with van der Waals surface area (Å²) in [6.07, 6.45) is 5.66. The maximum absolute atomic E-state index is 6.00. The Balaban J connectivity index is 1.86. The first-order valence-electron chi connectivity index (χ1n) is 6.74. The first kappa shape index (κ1) is 13.1. The van der Waals surface area contributed by atoms with Crippen LogP contribution in [0, 0.1) is 6.92 Å². The summed E-state index contributed by atoms with van der Waals surface area (Å²) < 4.78 is 7.79. The van der Waals surface area contributed by atoms with Gasteiger partial charge in [-0.05, 0) is 19.9 Å². The number of hydrogen-bond acceptors (Lipinski definition) is 5. The quantitative estimate of drug-likeness (QED) is 0.825. The zero-order valence-electron chi connectivity index (χ0n) is 12.1. The summed E-state index contributed by atoms with van der Waals surface area (Å²) in [4.78, 5) is 11.0. The van der Waals surface area contributed by atoms with E-state index in [1.807, 2.05) is 32.4 Å². The summed E-state index contributed by atoms with van der Waals surface area (Å²) in [5.41, 5.74) is 1.68. The van der Waals surface area contributed by atoms with Crippen LogP contribution in [-0.2, 0) is 17.4 Å². The standard InChI is InChI=1S/C14H19N5O/c1-11-4-5-15-13(17-11)19-6-7-20-14(2,10-19)12-8-16-18(3)9-12/h4-5,8-9H,6-7,10H2,1-3H3. The second-order valence-electron chi connectivity index (χ2n) is 5.40. The van der Waals surface area contributed by atoms with Crippen LogP contribution < -0.4 is 4.90 Å². The van der Waals surface area contributed by atoms with Crippen molar-refractivity contribution >= 4 is 5.95 Å². The van der Waals surface area contributed by atoms with Crippen LogP contribution in [0.4, 0.5) is 5.95 Å². The number of aromatic nitrogens is 4. The molecule has 106 valence electrons. The van der Waals surface area contributed by atoms with Crippen molar-refractivity contribution in [3.8, 4) is 0 Å². The van der Waals surface area contributed by atoms with E-state index in [1.165, 1.54) is 0 Å². The molecular weight excluding hydrogens is 254 g/mol. The largest absolute Gasteiger partial charge is 0.367 e. The topological polar surface area (TPSA) is 56.1 Å². The van der Waals surface area contributed by atoms with Gasteiger partial charge in [-0.25, -0.2) is 9.97 Å². The average Bonchev–Trinajstić information content (AvgIpc) is 2.86. The number of hydrogen-bond donors (Lipinski definition) is 0. The van der Waals surface area contributed by atoms with Gasteiger partial charge in [0.25, 0.3) is 0 Å². The highest BCUT2D eigenvalue weighted by Gasteiger charge is 2.35. The van der Waals surface area contributed by atoms with Gasteiger partial charge in [0.15, 0.2) is 0 Å². The SMILES string of the molecule is Cc1ccnc(N2CCOC(C)(c3cnn(C)c3)C2)n1. The van der Waals surface area contributed by atoms with Crippen LogP contribution in [0.3, 0.4) is 0 Å². The van der Waals surface area contributed by atoms with E-state index in [4.69, 9.17) is 4.74 Å². The summed E-state index contributed by atoms with van der Waals surface area (Å²) >= 11 is 0. The van der Waals surface area contributed by atoms with Crippen molar-refractivity contribution in [1.29, 1.82) is 0 Å². The Hall–Kier alpha value is -1.95. The van der Waals surface area contributed by atoms with Crippen molar-refractivity contribution in [1.82, 2.24) is 19.7 Å². The lowest BCUT2D eigenvalue weighted by molar-refractivity contribution is -0.0470. The number of ether oxygens (including phenoxy) is 1. The van der Waals surface area contributed by atoms with Crippen molar-refractivity contribution in [2.75, 3.05) is 24.6 Å². The van der Waals surface area contributed by atoms with Crippen molar-refractivity contribution < 1.29 is 4.74 Å². The van der Waals surface area contributed by atoms with Gasteiger partial charge in [0.05, 0.1) is 19.3 Å². The molecule has 20 heavy (non-hydrogen) atoms. The summed E-state index contributed by atoms with van der Waals surface area (Å²) in [6.45, 7) is 6.25. The monoisotopic (exact) mass is 273 g/mol. The van der Waals surface area contributed by atoms with Crippen LogP contribution in [0.1, 0.15) is 18.2 Å². The molecule has 1 unspecified atom stereocenters. The van der Waals surface area contributed by atoms with Gasteiger partial charge in [-0.15, -0.1) is 0 Å². The number of anilines is 1. The van der Waals surface area contributed by atoms with Crippen LogP contribution in [-0.4, -0.2) is 39.4 Å². The molecule has 1 aliphatic rings. The zero-order valence-corrected chi connectivity index (χ0v) is 12.1. The predicted octanol–water partition coefficient (Wildman–Crippen LogP) is 1.27. The summed E-state index contributed by atoms with van der Waals surface area (Å²) in [5, 5.41) is 4.24. The molecule has 3 heterocycles. The molecule has 1 saturated heterocycles. The fourth-order valence-corrected chi connectivity index (χ4v) is 2.50. The maximum Gasteiger partial charge on any atom is 0.225 e. The summed E-state index contributed by atoms with van der Waals surface area (Å²) in [6, 6.07) is 1.91. The fraction of sp³-hybridized carbons (Fsp3) is 0.500. The number of rotatable bonds is 2. The molecule has 6 nitrogen and oxygen atoms in total. The van der Waals surface area contributed by atoms with Gasteiger partial charge in [-0.1, -0.05) is 0 Å². The summed E-state index contributed by atoms with van der Waals surface area (Å²) in [5.74, 6) is 0.767. The van der Waals surface area contributed by atoms with Crippen molar-refractivity contribution in [3.63, 3.8) is 0 Å². The molecule has 2 aromatic heterocycles. The highest BCUT2D eigenvalue weighted by atomic mass is 16.5. The zero-order chi connectivity index (χ0) is 14.2. The maximum atomic E-state index is 6.00.